The second-order valence-electron chi connectivity index (χ2n) is 3.26. The van der Waals surface area contributed by atoms with Crippen LogP contribution >= 0.6 is 12.6 Å². The molecular formula is C13H17NS. The highest BCUT2D eigenvalue weighted by Crippen LogP contribution is 2.03. The zero-order valence-corrected chi connectivity index (χ0v) is 9.98. The Kier molecular flexibility index (Phi) is 5.99. The first kappa shape index (κ1) is 12.2. The molecule has 0 bridgehead atoms. The minimum Gasteiger partial charge on any atom is -0.313 e. The van der Waals surface area contributed by atoms with Gasteiger partial charge >= 0.3 is 0 Å². The van der Waals surface area contributed by atoms with Crippen LogP contribution in [0.2, 0.25) is 0 Å². The van der Waals surface area contributed by atoms with Crippen LogP contribution in [0.1, 0.15) is 24.5 Å². The molecule has 0 saturated carbocycles. The lowest BCUT2D eigenvalue weighted by atomic mass is 10.1. The summed E-state index contributed by atoms with van der Waals surface area (Å²) in [6.07, 6.45) is 0.848. The van der Waals surface area contributed by atoms with E-state index in [-0.39, 0.29) is 0 Å². The molecule has 1 nitrogen and oxygen atoms in total. The number of rotatable bonds is 4. The van der Waals surface area contributed by atoms with Crippen molar-refractivity contribution < 1.29 is 0 Å². The second kappa shape index (κ2) is 7.39. The monoisotopic (exact) mass is 219 g/mol. The van der Waals surface area contributed by atoms with Gasteiger partial charge in [0.15, 0.2) is 0 Å². The van der Waals surface area contributed by atoms with Crippen LogP contribution in [-0.2, 0) is 6.54 Å². The summed E-state index contributed by atoms with van der Waals surface area (Å²) in [4.78, 5) is 0. The lowest BCUT2D eigenvalue weighted by Gasteiger charge is -2.01. The summed E-state index contributed by atoms with van der Waals surface area (Å²) >= 11 is 4.12. The average molecular weight is 219 g/mol. The molecule has 0 radical (unpaired) electrons. The van der Waals surface area contributed by atoms with E-state index >= 15 is 0 Å². The van der Waals surface area contributed by atoms with Gasteiger partial charge in [-0.2, -0.15) is 12.6 Å². The van der Waals surface area contributed by atoms with Crippen molar-refractivity contribution in [3.05, 3.63) is 35.4 Å². The van der Waals surface area contributed by atoms with E-state index in [4.69, 9.17) is 0 Å². The molecule has 0 aliphatic carbocycles. The average Bonchev–Trinajstić information content (AvgIpc) is 2.27. The molecule has 0 aromatic heterocycles. The van der Waals surface area contributed by atoms with Crippen molar-refractivity contribution in [1.82, 2.24) is 5.32 Å². The maximum Gasteiger partial charge on any atom is 0.0248 e. The normalized spacial score (nSPS) is 9.47. The molecule has 0 aliphatic heterocycles. The first-order chi connectivity index (χ1) is 7.36. The summed E-state index contributed by atoms with van der Waals surface area (Å²) in [6.45, 7) is 4.02. The van der Waals surface area contributed by atoms with Gasteiger partial charge in [0.25, 0.3) is 0 Å². The van der Waals surface area contributed by atoms with Crippen LogP contribution in [0.15, 0.2) is 24.3 Å². The molecule has 1 aromatic rings. The predicted molar refractivity (Wildman–Crippen MR) is 69.2 cm³/mol. The van der Waals surface area contributed by atoms with E-state index in [0.717, 1.165) is 30.8 Å². The molecule has 1 rings (SSSR count). The minimum atomic E-state index is 0.823. The number of nitrogens with one attached hydrogen (secondary N) is 1. The molecule has 0 atom stereocenters. The molecule has 0 heterocycles. The summed E-state index contributed by atoms with van der Waals surface area (Å²) in [7, 11) is 0. The van der Waals surface area contributed by atoms with E-state index < -0.39 is 0 Å². The van der Waals surface area contributed by atoms with Crippen molar-refractivity contribution in [2.24, 2.45) is 0 Å². The molecule has 80 valence electrons. The molecule has 1 aromatic carbocycles. The molecule has 0 spiro atoms. The van der Waals surface area contributed by atoms with Gasteiger partial charge in [0, 0.05) is 24.3 Å². The molecule has 2 heteroatoms. The van der Waals surface area contributed by atoms with Gasteiger partial charge in [-0.1, -0.05) is 30.9 Å². The van der Waals surface area contributed by atoms with Gasteiger partial charge in [0.1, 0.15) is 0 Å². The minimum absolute atomic E-state index is 0.823. The van der Waals surface area contributed by atoms with Gasteiger partial charge in [-0.15, -0.1) is 0 Å². The Labute approximate surface area is 97.7 Å². The highest BCUT2D eigenvalue weighted by atomic mass is 32.1. The third kappa shape index (κ3) is 4.92. The molecule has 0 unspecified atom stereocenters. The van der Waals surface area contributed by atoms with Crippen LogP contribution in [-0.4, -0.2) is 12.3 Å². The second-order valence-corrected chi connectivity index (χ2v) is 3.70. The number of hydrogen-bond donors (Lipinski definition) is 2. The lowest BCUT2D eigenvalue weighted by Crippen LogP contribution is -2.11. The molecule has 0 fully saturated rings. The van der Waals surface area contributed by atoms with Gasteiger partial charge in [0.05, 0.1) is 0 Å². The fraction of sp³-hybridized carbons (Fsp3) is 0.385. The Balaban J connectivity index is 2.62. The van der Waals surface area contributed by atoms with Crippen molar-refractivity contribution >= 4 is 12.6 Å². The van der Waals surface area contributed by atoms with Gasteiger partial charge in [-0.25, -0.2) is 0 Å². The van der Waals surface area contributed by atoms with Crippen molar-refractivity contribution in [2.45, 2.75) is 19.9 Å². The van der Waals surface area contributed by atoms with E-state index in [1.165, 1.54) is 5.56 Å². The van der Waals surface area contributed by atoms with Crippen molar-refractivity contribution in [3.63, 3.8) is 0 Å². The fourth-order valence-electron chi connectivity index (χ4n) is 1.25. The van der Waals surface area contributed by atoms with Crippen molar-refractivity contribution in [2.75, 3.05) is 12.3 Å². The number of benzene rings is 1. The summed E-state index contributed by atoms with van der Waals surface area (Å²) in [5.41, 5.74) is 2.38. The number of hydrogen-bond acceptors (Lipinski definition) is 2. The predicted octanol–water partition coefficient (Wildman–Crippen LogP) is 2.47. The largest absolute Gasteiger partial charge is 0.313 e. The highest BCUT2D eigenvalue weighted by molar-refractivity contribution is 7.80. The Morgan fingerprint density at radius 2 is 2.27 bits per heavy atom. The summed E-state index contributed by atoms with van der Waals surface area (Å²) in [5.74, 6) is 7.05. The topological polar surface area (TPSA) is 12.0 Å². The van der Waals surface area contributed by atoms with Crippen LogP contribution < -0.4 is 5.32 Å². The first-order valence-electron chi connectivity index (χ1n) is 5.26. The van der Waals surface area contributed by atoms with E-state index in [1.807, 2.05) is 6.07 Å². The van der Waals surface area contributed by atoms with E-state index in [2.05, 4.69) is 54.9 Å². The summed E-state index contributed by atoms with van der Waals surface area (Å²) in [5, 5.41) is 3.30. The quantitative estimate of drug-likeness (QED) is 0.585. The maximum atomic E-state index is 4.12. The number of thiol groups is 1. The smallest absolute Gasteiger partial charge is 0.0248 e. The van der Waals surface area contributed by atoms with E-state index in [1.54, 1.807) is 0 Å². The Morgan fingerprint density at radius 3 is 3.00 bits per heavy atom. The zero-order chi connectivity index (χ0) is 10.9. The molecule has 0 saturated heterocycles. The van der Waals surface area contributed by atoms with Gasteiger partial charge in [-0.05, 0) is 24.2 Å². The fourth-order valence-corrected chi connectivity index (χ4v) is 1.36. The summed E-state index contributed by atoms with van der Waals surface area (Å²) < 4.78 is 0. The van der Waals surface area contributed by atoms with Crippen LogP contribution in [0.3, 0.4) is 0 Å². The Morgan fingerprint density at radius 1 is 1.40 bits per heavy atom. The standard InChI is InChI=1S/C13H17NS/c1-2-14-11-13-8-5-7-12(10-13)6-3-4-9-15/h5,7-8,10,14-15H,2,4,9,11H2,1H3. The third-order valence-corrected chi connectivity index (χ3v) is 2.20. The van der Waals surface area contributed by atoms with E-state index in [0.29, 0.717) is 0 Å². The third-order valence-electron chi connectivity index (χ3n) is 1.98. The van der Waals surface area contributed by atoms with Crippen molar-refractivity contribution in [1.29, 1.82) is 0 Å². The van der Waals surface area contributed by atoms with Crippen LogP contribution in [0.25, 0.3) is 0 Å². The SMILES string of the molecule is CCNCc1cccc(C#CCCS)c1. The molecule has 0 amide bonds. The molecule has 1 N–H and O–H groups in total. The Bertz CT molecular complexity index is 349. The first-order valence-corrected chi connectivity index (χ1v) is 5.89. The van der Waals surface area contributed by atoms with Gasteiger partial charge < -0.3 is 5.32 Å². The lowest BCUT2D eigenvalue weighted by molar-refractivity contribution is 0.727. The van der Waals surface area contributed by atoms with Crippen LogP contribution in [0.5, 0.6) is 0 Å². The molecular weight excluding hydrogens is 202 g/mol. The maximum absolute atomic E-state index is 4.12. The summed E-state index contributed by atoms with van der Waals surface area (Å²) in [6, 6.07) is 8.35. The van der Waals surface area contributed by atoms with E-state index in [9.17, 15) is 0 Å². The molecule has 0 aliphatic rings. The highest BCUT2D eigenvalue weighted by Gasteiger charge is 1.92. The zero-order valence-electron chi connectivity index (χ0n) is 9.09. The van der Waals surface area contributed by atoms with Crippen molar-refractivity contribution in [3.8, 4) is 11.8 Å². The van der Waals surface area contributed by atoms with Gasteiger partial charge in [0.2, 0.25) is 0 Å². The van der Waals surface area contributed by atoms with Crippen LogP contribution in [0, 0.1) is 11.8 Å². The molecule has 15 heavy (non-hydrogen) atoms. The van der Waals surface area contributed by atoms with Gasteiger partial charge in [-0.3, -0.25) is 0 Å². The Hall–Kier alpha value is -0.910. The van der Waals surface area contributed by atoms with Crippen LogP contribution in [0.4, 0.5) is 0 Å².